The van der Waals surface area contributed by atoms with E-state index in [4.69, 9.17) is 5.73 Å². The molecule has 2 N–H and O–H groups in total. The van der Waals surface area contributed by atoms with Crippen LogP contribution in [0.1, 0.15) is 20.3 Å². The number of rotatable bonds is 1. The van der Waals surface area contributed by atoms with Gasteiger partial charge in [0.2, 0.25) is 0 Å². The van der Waals surface area contributed by atoms with Crippen molar-refractivity contribution in [2.45, 2.75) is 26.3 Å². The van der Waals surface area contributed by atoms with Crippen LogP contribution < -0.4 is 5.73 Å². The third-order valence-electron chi connectivity index (χ3n) is 3.28. The molecule has 0 aromatic rings. The van der Waals surface area contributed by atoms with E-state index in [0.29, 0.717) is 11.5 Å². The molecule has 0 saturated heterocycles. The normalized spacial score (nSPS) is 67.1. The summed E-state index contributed by atoms with van der Waals surface area (Å²) in [6.07, 6.45) is 1.34. The zero-order valence-electron chi connectivity index (χ0n) is 5.52. The molecular formula is C7H13N. The van der Waals surface area contributed by atoms with Crippen LogP contribution in [-0.2, 0) is 0 Å². The summed E-state index contributed by atoms with van der Waals surface area (Å²) in [5, 5.41) is 0. The molecule has 4 unspecified atom stereocenters. The highest BCUT2D eigenvalue weighted by Crippen LogP contribution is 2.79. The van der Waals surface area contributed by atoms with Crippen molar-refractivity contribution in [1.82, 2.24) is 0 Å². The minimum atomic E-state index is 0.576. The Morgan fingerprint density at radius 1 is 1.62 bits per heavy atom. The summed E-state index contributed by atoms with van der Waals surface area (Å²) >= 11 is 0. The molecular weight excluding hydrogens is 98.1 g/mol. The summed E-state index contributed by atoms with van der Waals surface area (Å²) in [5.41, 5.74) is 6.34. The molecule has 2 rings (SSSR count). The summed E-state index contributed by atoms with van der Waals surface area (Å²) in [7, 11) is 0. The first-order valence-electron chi connectivity index (χ1n) is 3.48. The monoisotopic (exact) mass is 111 g/mol. The molecule has 0 bridgehead atoms. The Hall–Kier alpha value is -0.0400. The predicted molar refractivity (Wildman–Crippen MR) is 33.4 cm³/mol. The van der Waals surface area contributed by atoms with E-state index in [1.165, 1.54) is 6.42 Å². The van der Waals surface area contributed by atoms with Gasteiger partial charge in [0, 0.05) is 6.04 Å². The van der Waals surface area contributed by atoms with Gasteiger partial charge in [-0.15, -0.1) is 0 Å². The van der Waals surface area contributed by atoms with Gasteiger partial charge in [0.05, 0.1) is 0 Å². The van der Waals surface area contributed by atoms with Crippen LogP contribution in [-0.4, -0.2) is 6.04 Å². The molecule has 46 valence electrons. The maximum absolute atomic E-state index is 5.72. The van der Waals surface area contributed by atoms with Crippen LogP contribution in [0.25, 0.3) is 0 Å². The number of hydrogen-bond acceptors (Lipinski definition) is 1. The Morgan fingerprint density at radius 2 is 2.12 bits per heavy atom. The van der Waals surface area contributed by atoms with Crippen LogP contribution in [0.15, 0.2) is 0 Å². The molecule has 0 aromatic carbocycles. The quantitative estimate of drug-likeness (QED) is 0.536. The SMILES string of the molecule is CCC1C2C(N)C12C. The van der Waals surface area contributed by atoms with Gasteiger partial charge in [0.1, 0.15) is 0 Å². The number of nitrogens with two attached hydrogens (primary N) is 1. The Balaban J connectivity index is 2.02. The van der Waals surface area contributed by atoms with Crippen LogP contribution in [0, 0.1) is 17.3 Å². The fraction of sp³-hybridized carbons (Fsp3) is 1.00. The third-order valence-corrected chi connectivity index (χ3v) is 3.28. The fourth-order valence-corrected chi connectivity index (χ4v) is 2.34. The van der Waals surface area contributed by atoms with Crippen molar-refractivity contribution >= 4 is 0 Å². The second-order valence-electron chi connectivity index (χ2n) is 3.43. The van der Waals surface area contributed by atoms with Gasteiger partial charge < -0.3 is 5.73 Å². The van der Waals surface area contributed by atoms with Gasteiger partial charge in [-0.25, -0.2) is 0 Å². The molecule has 2 aliphatic carbocycles. The van der Waals surface area contributed by atoms with Crippen molar-refractivity contribution in [3.8, 4) is 0 Å². The van der Waals surface area contributed by atoms with E-state index in [-0.39, 0.29) is 0 Å². The maximum Gasteiger partial charge on any atom is 0.0136 e. The molecule has 8 heavy (non-hydrogen) atoms. The molecule has 0 heterocycles. The minimum Gasteiger partial charge on any atom is -0.327 e. The molecule has 2 aliphatic rings. The summed E-state index contributed by atoms with van der Waals surface area (Å²) in [6, 6.07) is 0.576. The van der Waals surface area contributed by atoms with Crippen molar-refractivity contribution in [1.29, 1.82) is 0 Å². The standard InChI is InChI=1S/C7H13N/c1-3-4-5-6(8)7(4,5)2/h4-6H,3,8H2,1-2H3. The largest absolute Gasteiger partial charge is 0.327 e. The Kier molecular flexibility index (Phi) is 0.583. The second-order valence-corrected chi connectivity index (χ2v) is 3.43. The lowest BCUT2D eigenvalue weighted by molar-refractivity contribution is 0.455. The van der Waals surface area contributed by atoms with Crippen LogP contribution in [0.5, 0.6) is 0 Å². The first-order chi connectivity index (χ1) is 3.73. The van der Waals surface area contributed by atoms with Crippen LogP contribution >= 0.6 is 0 Å². The van der Waals surface area contributed by atoms with E-state index >= 15 is 0 Å². The first-order valence-corrected chi connectivity index (χ1v) is 3.48. The third kappa shape index (κ3) is 0.255. The van der Waals surface area contributed by atoms with Gasteiger partial charge in [-0.2, -0.15) is 0 Å². The Morgan fingerprint density at radius 3 is 2.25 bits per heavy atom. The molecule has 1 heteroatoms. The molecule has 0 aliphatic heterocycles. The van der Waals surface area contributed by atoms with Gasteiger partial charge in [0.15, 0.2) is 0 Å². The molecule has 1 nitrogen and oxygen atoms in total. The van der Waals surface area contributed by atoms with Crippen molar-refractivity contribution in [2.75, 3.05) is 0 Å². The lowest BCUT2D eigenvalue weighted by Gasteiger charge is -2.08. The molecule has 0 spiro atoms. The van der Waals surface area contributed by atoms with Gasteiger partial charge in [-0.3, -0.25) is 0 Å². The Labute approximate surface area is 50.3 Å². The highest BCUT2D eigenvalue weighted by molar-refractivity contribution is 5.32. The van der Waals surface area contributed by atoms with Gasteiger partial charge >= 0.3 is 0 Å². The first kappa shape index (κ1) is 4.80. The van der Waals surface area contributed by atoms with E-state index in [1.54, 1.807) is 0 Å². The molecule has 0 aromatic heterocycles. The fourth-order valence-electron chi connectivity index (χ4n) is 2.34. The molecule has 2 saturated carbocycles. The highest BCUT2D eigenvalue weighted by atomic mass is 15.0. The highest BCUT2D eigenvalue weighted by Gasteiger charge is 2.81. The van der Waals surface area contributed by atoms with E-state index < -0.39 is 0 Å². The lowest BCUT2D eigenvalue weighted by Crippen LogP contribution is -2.20. The molecule has 2 fully saturated rings. The van der Waals surface area contributed by atoms with Crippen LogP contribution in [0.3, 0.4) is 0 Å². The molecule has 4 atom stereocenters. The van der Waals surface area contributed by atoms with Crippen molar-refractivity contribution in [3.63, 3.8) is 0 Å². The van der Waals surface area contributed by atoms with Crippen molar-refractivity contribution in [2.24, 2.45) is 23.0 Å². The molecule has 0 radical (unpaired) electrons. The van der Waals surface area contributed by atoms with E-state index in [0.717, 1.165) is 11.8 Å². The second kappa shape index (κ2) is 0.971. The van der Waals surface area contributed by atoms with E-state index in [9.17, 15) is 0 Å². The summed E-state index contributed by atoms with van der Waals surface area (Å²) in [6.45, 7) is 4.57. The smallest absolute Gasteiger partial charge is 0.0136 e. The van der Waals surface area contributed by atoms with Crippen molar-refractivity contribution < 1.29 is 0 Å². The van der Waals surface area contributed by atoms with Crippen molar-refractivity contribution in [3.05, 3.63) is 0 Å². The van der Waals surface area contributed by atoms with Crippen LogP contribution in [0.2, 0.25) is 0 Å². The summed E-state index contributed by atoms with van der Waals surface area (Å²) in [5.74, 6) is 1.92. The van der Waals surface area contributed by atoms with E-state index in [2.05, 4.69) is 13.8 Å². The number of fused-ring (bicyclic) bond motifs is 1. The summed E-state index contributed by atoms with van der Waals surface area (Å²) in [4.78, 5) is 0. The lowest BCUT2D eigenvalue weighted by atomic mass is 10.0. The zero-order valence-corrected chi connectivity index (χ0v) is 5.52. The van der Waals surface area contributed by atoms with E-state index in [1.807, 2.05) is 0 Å². The predicted octanol–water partition coefficient (Wildman–Crippen LogP) is 0.990. The topological polar surface area (TPSA) is 26.0 Å². The summed E-state index contributed by atoms with van der Waals surface area (Å²) < 4.78 is 0. The maximum atomic E-state index is 5.72. The average molecular weight is 111 g/mol. The average Bonchev–Trinajstić information content (AvgIpc) is 2.51. The molecule has 0 amide bonds. The van der Waals surface area contributed by atoms with Crippen LogP contribution in [0.4, 0.5) is 0 Å². The Bertz CT molecular complexity index is 126. The minimum absolute atomic E-state index is 0.576. The van der Waals surface area contributed by atoms with Gasteiger partial charge in [-0.1, -0.05) is 20.3 Å². The zero-order chi connectivity index (χ0) is 5.94. The van der Waals surface area contributed by atoms with Gasteiger partial charge in [0.25, 0.3) is 0 Å². The number of hydrogen-bond donors (Lipinski definition) is 1. The van der Waals surface area contributed by atoms with Gasteiger partial charge in [-0.05, 0) is 17.3 Å².